The summed E-state index contributed by atoms with van der Waals surface area (Å²) in [5.74, 6) is 1.61. The average molecular weight is 329 g/mol. The van der Waals surface area contributed by atoms with Crippen molar-refractivity contribution in [2.75, 3.05) is 24.3 Å². The summed E-state index contributed by atoms with van der Waals surface area (Å²) in [5.41, 5.74) is 7.15. The molecule has 1 aliphatic heterocycles. The van der Waals surface area contributed by atoms with Crippen LogP contribution in [0.2, 0.25) is 0 Å². The molecule has 3 N–H and O–H groups in total. The van der Waals surface area contributed by atoms with E-state index >= 15 is 0 Å². The summed E-state index contributed by atoms with van der Waals surface area (Å²) in [7, 11) is -3.09. The normalized spacial score (nSPS) is 21.4. The van der Waals surface area contributed by atoms with Crippen LogP contribution in [0, 0.1) is 0 Å². The first-order chi connectivity index (χ1) is 9.91. The molecule has 6 nitrogen and oxygen atoms in total. The number of benzene rings is 1. The van der Waals surface area contributed by atoms with Crippen LogP contribution in [0.3, 0.4) is 0 Å². The molecular formula is C13H19N3O3S2. The van der Waals surface area contributed by atoms with Crippen molar-refractivity contribution in [1.82, 2.24) is 4.90 Å². The van der Waals surface area contributed by atoms with E-state index < -0.39 is 15.2 Å². The fraction of sp³-hybridized carbons (Fsp3) is 0.462. The van der Waals surface area contributed by atoms with Crippen LogP contribution < -0.4 is 5.73 Å². The van der Waals surface area contributed by atoms with E-state index in [0.717, 1.165) is 17.9 Å². The molecule has 0 amide bonds. The highest BCUT2D eigenvalue weighted by molar-refractivity contribution is 8.00. The van der Waals surface area contributed by atoms with E-state index in [9.17, 15) is 8.42 Å². The van der Waals surface area contributed by atoms with Crippen LogP contribution in [0.1, 0.15) is 11.1 Å². The number of nitrogens with two attached hydrogens (primary N) is 1. The Morgan fingerprint density at radius 3 is 2.71 bits per heavy atom. The lowest BCUT2D eigenvalue weighted by atomic mass is 10.1. The van der Waals surface area contributed by atoms with Crippen LogP contribution in [0.25, 0.3) is 0 Å². The van der Waals surface area contributed by atoms with Crippen molar-refractivity contribution < 1.29 is 13.6 Å². The number of thioether (sulfide) groups is 1. The molecule has 0 radical (unpaired) electrons. The van der Waals surface area contributed by atoms with Gasteiger partial charge in [0.05, 0.1) is 0 Å². The lowest BCUT2D eigenvalue weighted by Crippen LogP contribution is -2.46. The Balaban J connectivity index is 2.12. The van der Waals surface area contributed by atoms with Gasteiger partial charge in [-0.1, -0.05) is 29.4 Å². The standard InChI is InChI=1S/C13H19N3O3S2/c1-21(18,19)12-9-20-7-6-16(12)8-10-2-4-11(5-3-10)13(14)15-17/h2-5,12,17H,6-9H2,1H3,(H2,14,15). The summed E-state index contributed by atoms with van der Waals surface area (Å²) in [6.45, 7) is 1.33. The first-order valence-electron chi connectivity index (χ1n) is 6.49. The van der Waals surface area contributed by atoms with E-state index in [2.05, 4.69) is 5.16 Å². The summed E-state index contributed by atoms with van der Waals surface area (Å²) < 4.78 is 23.7. The first kappa shape index (κ1) is 16.1. The molecule has 8 heteroatoms. The van der Waals surface area contributed by atoms with Gasteiger partial charge in [-0.15, -0.1) is 0 Å². The van der Waals surface area contributed by atoms with Gasteiger partial charge in [0.2, 0.25) is 0 Å². The van der Waals surface area contributed by atoms with Crippen LogP contribution in [0.5, 0.6) is 0 Å². The molecule has 1 aromatic rings. The van der Waals surface area contributed by atoms with Crippen LogP contribution in [-0.2, 0) is 16.4 Å². The summed E-state index contributed by atoms with van der Waals surface area (Å²) in [5, 5.41) is 11.1. The van der Waals surface area contributed by atoms with Crippen molar-refractivity contribution in [3.63, 3.8) is 0 Å². The molecule has 0 aliphatic carbocycles. The van der Waals surface area contributed by atoms with Gasteiger partial charge >= 0.3 is 0 Å². The number of amidine groups is 1. The minimum atomic E-state index is -3.09. The van der Waals surface area contributed by atoms with Crippen molar-refractivity contribution in [1.29, 1.82) is 0 Å². The fourth-order valence-electron chi connectivity index (χ4n) is 2.26. The van der Waals surface area contributed by atoms with Gasteiger partial charge in [0, 0.05) is 36.4 Å². The maximum atomic E-state index is 11.9. The van der Waals surface area contributed by atoms with Crippen molar-refractivity contribution in [3.05, 3.63) is 35.4 Å². The number of hydrogen-bond acceptors (Lipinski definition) is 6. The van der Waals surface area contributed by atoms with Gasteiger partial charge in [-0.25, -0.2) is 8.42 Å². The second kappa shape index (κ2) is 6.67. The Bertz CT molecular complexity index is 614. The Hall–Kier alpha value is -1.25. The zero-order chi connectivity index (χ0) is 15.5. The Kier molecular flexibility index (Phi) is 5.13. The summed E-state index contributed by atoms with van der Waals surface area (Å²) in [4.78, 5) is 1.99. The van der Waals surface area contributed by atoms with E-state index in [4.69, 9.17) is 10.9 Å². The summed E-state index contributed by atoms with van der Waals surface area (Å²) >= 11 is 1.67. The third-order valence-corrected chi connectivity index (χ3v) is 6.11. The van der Waals surface area contributed by atoms with Crippen molar-refractivity contribution >= 4 is 27.4 Å². The molecule has 21 heavy (non-hydrogen) atoms. The summed E-state index contributed by atoms with van der Waals surface area (Å²) in [6, 6.07) is 7.26. The molecule has 1 aromatic carbocycles. The maximum absolute atomic E-state index is 11.9. The molecule has 0 spiro atoms. The van der Waals surface area contributed by atoms with E-state index in [1.54, 1.807) is 23.9 Å². The van der Waals surface area contributed by atoms with Gasteiger partial charge in [0.15, 0.2) is 15.7 Å². The Morgan fingerprint density at radius 1 is 1.48 bits per heavy atom. The van der Waals surface area contributed by atoms with Crippen LogP contribution in [0.15, 0.2) is 29.4 Å². The molecule has 1 unspecified atom stereocenters. The van der Waals surface area contributed by atoms with E-state index in [-0.39, 0.29) is 5.84 Å². The van der Waals surface area contributed by atoms with Gasteiger partial charge in [0.25, 0.3) is 0 Å². The molecule has 1 saturated heterocycles. The SMILES string of the molecule is CS(=O)(=O)C1CSCCN1Cc1ccc(C(N)=NO)cc1. The van der Waals surface area contributed by atoms with E-state index in [1.807, 2.05) is 17.0 Å². The monoisotopic (exact) mass is 329 g/mol. The zero-order valence-corrected chi connectivity index (χ0v) is 13.4. The van der Waals surface area contributed by atoms with Crippen LogP contribution >= 0.6 is 11.8 Å². The smallest absolute Gasteiger partial charge is 0.170 e. The number of sulfone groups is 1. The van der Waals surface area contributed by atoms with Gasteiger partial charge in [-0.2, -0.15) is 11.8 Å². The number of hydrogen-bond donors (Lipinski definition) is 2. The summed E-state index contributed by atoms with van der Waals surface area (Å²) in [6.07, 6.45) is 1.29. The molecule has 0 saturated carbocycles. The van der Waals surface area contributed by atoms with Crippen LogP contribution in [-0.4, -0.2) is 54.0 Å². The topological polar surface area (TPSA) is 96.0 Å². The largest absolute Gasteiger partial charge is 0.409 e. The van der Waals surface area contributed by atoms with Crippen molar-refractivity contribution in [2.45, 2.75) is 11.9 Å². The van der Waals surface area contributed by atoms with Gasteiger partial charge < -0.3 is 10.9 Å². The van der Waals surface area contributed by atoms with Gasteiger partial charge in [-0.05, 0) is 5.56 Å². The second-order valence-corrected chi connectivity index (χ2v) is 8.36. The Morgan fingerprint density at radius 2 is 2.14 bits per heavy atom. The lowest BCUT2D eigenvalue weighted by Gasteiger charge is -2.34. The maximum Gasteiger partial charge on any atom is 0.170 e. The van der Waals surface area contributed by atoms with Crippen molar-refractivity contribution in [3.8, 4) is 0 Å². The highest BCUT2D eigenvalue weighted by Gasteiger charge is 2.30. The molecular weight excluding hydrogens is 310 g/mol. The second-order valence-electron chi connectivity index (χ2n) is 5.01. The first-order valence-corrected chi connectivity index (χ1v) is 9.60. The fourth-order valence-corrected chi connectivity index (χ4v) is 5.21. The molecule has 1 fully saturated rings. The molecule has 0 bridgehead atoms. The number of nitrogens with zero attached hydrogens (tertiary/aromatic N) is 2. The predicted octanol–water partition coefficient (Wildman–Crippen LogP) is 0.701. The van der Waals surface area contributed by atoms with Gasteiger partial charge in [-0.3, -0.25) is 4.90 Å². The Labute approximate surface area is 128 Å². The molecule has 1 atom stereocenters. The average Bonchev–Trinajstić information content (AvgIpc) is 2.47. The number of oxime groups is 1. The van der Waals surface area contributed by atoms with Crippen molar-refractivity contribution in [2.24, 2.45) is 10.9 Å². The molecule has 0 aromatic heterocycles. The minimum absolute atomic E-state index is 0.0601. The highest BCUT2D eigenvalue weighted by atomic mass is 32.2. The molecule has 2 rings (SSSR count). The predicted molar refractivity (Wildman–Crippen MR) is 85.3 cm³/mol. The molecule has 1 aliphatic rings. The van der Waals surface area contributed by atoms with Crippen LogP contribution in [0.4, 0.5) is 0 Å². The minimum Gasteiger partial charge on any atom is -0.409 e. The highest BCUT2D eigenvalue weighted by Crippen LogP contribution is 2.22. The quantitative estimate of drug-likeness (QED) is 0.365. The zero-order valence-electron chi connectivity index (χ0n) is 11.8. The molecule has 1 heterocycles. The van der Waals surface area contributed by atoms with E-state index in [0.29, 0.717) is 17.9 Å². The third-order valence-electron chi connectivity index (χ3n) is 3.43. The third kappa shape index (κ3) is 4.12. The molecule has 116 valence electrons. The lowest BCUT2D eigenvalue weighted by molar-refractivity contribution is 0.262. The number of rotatable bonds is 4. The van der Waals surface area contributed by atoms with E-state index in [1.165, 1.54) is 6.26 Å². The van der Waals surface area contributed by atoms with Gasteiger partial charge in [0.1, 0.15) is 5.37 Å².